The van der Waals surface area contributed by atoms with Crippen LogP contribution in [0.4, 0.5) is 10.9 Å². The third-order valence-electron chi connectivity index (χ3n) is 4.10. The monoisotopic (exact) mass is 361 g/mol. The smallest absolute Gasteiger partial charge is 0.237 e. The number of hydrogen-bond donors (Lipinski definition) is 2. The van der Waals surface area contributed by atoms with Crippen LogP contribution < -0.4 is 10.6 Å². The van der Waals surface area contributed by atoms with E-state index in [4.69, 9.17) is 0 Å². The van der Waals surface area contributed by atoms with Gasteiger partial charge >= 0.3 is 0 Å². The zero-order valence-corrected chi connectivity index (χ0v) is 15.6. The van der Waals surface area contributed by atoms with Gasteiger partial charge in [0.25, 0.3) is 0 Å². The molecule has 0 bridgehead atoms. The molecule has 1 atom stereocenters. The third-order valence-corrected chi connectivity index (χ3v) is 5.09. The van der Waals surface area contributed by atoms with Gasteiger partial charge in [0.1, 0.15) is 16.6 Å². The molecule has 2 aromatic heterocycles. The number of likely N-dealkylation sites (tertiary alicyclic amines) is 1. The minimum absolute atomic E-state index is 0.00345. The molecule has 1 aliphatic rings. The van der Waals surface area contributed by atoms with E-state index in [1.54, 1.807) is 7.05 Å². The number of carbonyl (C=O) groups excluding carboxylic acids is 1. The summed E-state index contributed by atoms with van der Waals surface area (Å²) in [4.78, 5) is 23.2. The molecule has 1 amide bonds. The second-order valence-electron chi connectivity index (χ2n) is 5.98. The lowest BCUT2D eigenvalue weighted by Gasteiger charge is -2.24. The molecule has 1 saturated heterocycles. The molecule has 2 aromatic rings. The van der Waals surface area contributed by atoms with E-state index in [1.807, 2.05) is 24.8 Å². The Morgan fingerprint density at radius 1 is 1.40 bits per heavy atom. The van der Waals surface area contributed by atoms with E-state index in [0.29, 0.717) is 18.2 Å². The Morgan fingerprint density at radius 2 is 2.24 bits per heavy atom. The van der Waals surface area contributed by atoms with Crippen molar-refractivity contribution in [3.8, 4) is 0 Å². The first kappa shape index (κ1) is 17.7. The van der Waals surface area contributed by atoms with Crippen LogP contribution in [0.2, 0.25) is 0 Å². The molecule has 1 fully saturated rings. The van der Waals surface area contributed by atoms with Crippen LogP contribution in [0.15, 0.2) is 6.07 Å². The summed E-state index contributed by atoms with van der Waals surface area (Å²) in [5.74, 6) is 1.47. The molecule has 134 valence electrons. The minimum Gasteiger partial charge on any atom is -0.333 e. The standard InChI is InChI=1S/C16H23N7OS/c1-4-14-21-22-16(25-14)20-13-8-11(18-10(2)19-13)12-6-5-7-23(12)15(24)9-17-3/h8,12,17H,4-7,9H2,1-3H3,(H,18,19,20,22)/t12-/m0/s1. The van der Waals surface area contributed by atoms with E-state index in [2.05, 4.69) is 30.8 Å². The normalized spacial score (nSPS) is 17.1. The van der Waals surface area contributed by atoms with Crippen LogP contribution in [-0.2, 0) is 11.2 Å². The van der Waals surface area contributed by atoms with Gasteiger partial charge in [-0.3, -0.25) is 4.79 Å². The van der Waals surface area contributed by atoms with E-state index in [9.17, 15) is 4.79 Å². The number of aromatic nitrogens is 4. The Bertz CT molecular complexity index is 748. The third kappa shape index (κ3) is 4.10. The Labute approximate surface area is 151 Å². The number of aryl methyl sites for hydroxylation is 2. The number of nitrogens with one attached hydrogen (secondary N) is 2. The predicted octanol–water partition coefficient (Wildman–Crippen LogP) is 1.83. The molecule has 0 saturated carbocycles. The molecular formula is C16H23N7OS. The second kappa shape index (κ2) is 7.83. The first-order valence-electron chi connectivity index (χ1n) is 8.49. The van der Waals surface area contributed by atoms with Crippen LogP contribution in [0.1, 0.15) is 42.3 Å². The first-order valence-corrected chi connectivity index (χ1v) is 9.31. The van der Waals surface area contributed by atoms with Crippen LogP contribution in [-0.4, -0.2) is 51.1 Å². The van der Waals surface area contributed by atoms with Crippen molar-refractivity contribution in [3.63, 3.8) is 0 Å². The molecule has 0 unspecified atom stereocenters. The van der Waals surface area contributed by atoms with E-state index >= 15 is 0 Å². The summed E-state index contributed by atoms with van der Waals surface area (Å²) in [5, 5.41) is 16.1. The predicted molar refractivity (Wildman–Crippen MR) is 97.0 cm³/mol. The average molecular weight is 361 g/mol. The van der Waals surface area contributed by atoms with Crippen LogP contribution >= 0.6 is 11.3 Å². The number of carbonyl (C=O) groups is 1. The molecule has 3 rings (SSSR count). The number of hydrogen-bond acceptors (Lipinski definition) is 8. The lowest BCUT2D eigenvalue weighted by molar-refractivity contribution is -0.131. The van der Waals surface area contributed by atoms with E-state index < -0.39 is 0 Å². The van der Waals surface area contributed by atoms with Gasteiger partial charge in [-0.15, -0.1) is 10.2 Å². The van der Waals surface area contributed by atoms with Crippen molar-refractivity contribution >= 4 is 28.2 Å². The van der Waals surface area contributed by atoms with Gasteiger partial charge in [-0.25, -0.2) is 9.97 Å². The number of amides is 1. The fourth-order valence-electron chi connectivity index (χ4n) is 3.01. The molecule has 8 nitrogen and oxygen atoms in total. The maximum atomic E-state index is 12.3. The van der Waals surface area contributed by atoms with Crippen molar-refractivity contribution in [2.75, 3.05) is 25.5 Å². The number of anilines is 2. The summed E-state index contributed by atoms with van der Waals surface area (Å²) in [6.45, 7) is 5.03. The molecule has 0 aromatic carbocycles. The SMILES string of the molecule is CCc1nnc(Nc2cc([C@@H]3CCCN3C(=O)CNC)nc(C)n2)s1. The summed E-state index contributed by atoms with van der Waals surface area (Å²) in [6.07, 6.45) is 2.77. The number of likely N-dealkylation sites (N-methyl/N-ethyl adjacent to an activating group) is 1. The Balaban J connectivity index is 1.82. The summed E-state index contributed by atoms with van der Waals surface area (Å²) in [7, 11) is 1.78. The highest BCUT2D eigenvalue weighted by atomic mass is 32.1. The number of nitrogens with zero attached hydrogens (tertiary/aromatic N) is 5. The molecule has 3 heterocycles. The summed E-state index contributed by atoms with van der Waals surface area (Å²) in [5.41, 5.74) is 0.872. The van der Waals surface area contributed by atoms with Crippen molar-refractivity contribution in [1.82, 2.24) is 30.4 Å². The molecule has 25 heavy (non-hydrogen) atoms. The fourth-order valence-corrected chi connectivity index (χ4v) is 3.69. The van der Waals surface area contributed by atoms with E-state index in [0.717, 1.165) is 41.6 Å². The van der Waals surface area contributed by atoms with Crippen molar-refractivity contribution in [2.24, 2.45) is 0 Å². The van der Waals surface area contributed by atoms with Crippen molar-refractivity contribution in [1.29, 1.82) is 0 Å². The van der Waals surface area contributed by atoms with Crippen molar-refractivity contribution in [3.05, 3.63) is 22.6 Å². The van der Waals surface area contributed by atoms with Gasteiger partial charge in [-0.05, 0) is 33.2 Å². The molecule has 0 aliphatic carbocycles. The van der Waals surface area contributed by atoms with Gasteiger partial charge in [-0.1, -0.05) is 18.3 Å². The molecule has 2 N–H and O–H groups in total. The fraction of sp³-hybridized carbons (Fsp3) is 0.562. The maximum absolute atomic E-state index is 12.3. The lowest BCUT2D eigenvalue weighted by Crippen LogP contribution is -2.37. The molecule has 9 heteroatoms. The maximum Gasteiger partial charge on any atom is 0.237 e. The lowest BCUT2D eigenvalue weighted by atomic mass is 10.1. The highest BCUT2D eigenvalue weighted by molar-refractivity contribution is 7.15. The first-order chi connectivity index (χ1) is 12.1. The zero-order chi connectivity index (χ0) is 17.8. The Hall–Kier alpha value is -2.13. The quantitative estimate of drug-likeness (QED) is 0.810. The molecule has 0 spiro atoms. The molecule has 0 radical (unpaired) electrons. The van der Waals surface area contributed by atoms with Crippen LogP contribution in [0.5, 0.6) is 0 Å². The second-order valence-corrected chi connectivity index (χ2v) is 7.04. The zero-order valence-electron chi connectivity index (χ0n) is 14.7. The van der Waals surface area contributed by atoms with E-state index in [-0.39, 0.29) is 11.9 Å². The largest absolute Gasteiger partial charge is 0.333 e. The van der Waals surface area contributed by atoms with Crippen LogP contribution in [0.3, 0.4) is 0 Å². The average Bonchev–Trinajstić information content (AvgIpc) is 3.23. The summed E-state index contributed by atoms with van der Waals surface area (Å²) >= 11 is 1.52. The topological polar surface area (TPSA) is 95.9 Å². The van der Waals surface area contributed by atoms with Crippen molar-refractivity contribution < 1.29 is 4.79 Å². The molecular weight excluding hydrogens is 338 g/mol. The van der Waals surface area contributed by atoms with E-state index in [1.165, 1.54) is 11.3 Å². The van der Waals surface area contributed by atoms with Crippen LogP contribution in [0.25, 0.3) is 0 Å². The van der Waals surface area contributed by atoms with Gasteiger partial charge in [0.15, 0.2) is 0 Å². The number of rotatable bonds is 6. The molecule has 1 aliphatic heterocycles. The highest BCUT2D eigenvalue weighted by Crippen LogP contribution is 2.32. The van der Waals surface area contributed by atoms with Gasteiger partial charge in [-0.2, -0.15) is 0 Å². The highest BCUT2D eigenvalue weighted by Gasteiger charge is 2.31. The van der Waals surface area contributed by atoms with Crippen LogP contribution in [0, 0.1) is 6.92 Å². The van der Waals surface area contributed by atoms with Gasteiger partial charge in [0.2, 0.25) is 11.0 Å². The minimum atomic E-state index is 0.00345. The summed E-state index contributed by atoms with van der Waals surface area (Å²) in [6, 6.07) is 1.92. The van der Waals surface area contributed by atoms with Crippen molar-refractivity contribution in [2.45, 2.75) is 39.2 Å². The Morgan fingerprint density at radius 3 is 2.96 bits per heavy atom. The Kier molecular flexibility index (Phi) is 5.54. The van der Waals surface area contributed by atoms with Gasteiger partial charge in [0, 0.05) is 12.6 Å². The van der Waals surface area contributed by atoms with Gasteiger partial charge < -0.3 is 15.5 Å². The summed E-state index contributed by atoms with van der Waals surface area (Å²) < 4.78 is 0. The van der Waals surface area contributed by atoms with Gasteiger partial charge in [0.05, 0.1) is 18.3 Å².